The molecule has 108 valence electrons. The average molecular weight is 296 g/mol. The quantitative estimate of drug-likeness (QED) is 0.792. The summed E-state index contributed by atoms with van der Waals surface area (Å²) in [6.07, 6.45) is 2.76. The van der Waals surface area contributed by atoms with Gasteiger partial charge in [0.05, 0.1) is 5.60 Å². The Morgan fingerprint density at radius 2 is 1.85 bits per heavy atom. The standard InChI is InChI=1S/C15H18ClNO3/c16-12-4-2-11(3-5-12)13(18)6-7-14(19)17-10-15(20)8-1-9-15/h2-5,20H,1,6-10H2,(H,17,19). The molecule has 0 aromatic heterocycles. The number of hydrogen-bond acceptors (Lipinski definition) is 3. The lowest BCUT2D eigenvalue weighted by Crippen LogP contribution is -2.47. The van der Waals surface area contributed by atoms with Gasteiger partial charge in [0.15, 0.2) is 5.78 Å². The predicted octanol–water partition coefficient (Wildman–Crippen LogP) is 2.33. The van der Waals surface area contributed by atoms with E-state index in [0.29, 0.717) is 10.6 Å². The molecule has 1 aromatic carbocycles. The van der Waals surface area contributed by atoms with Crippen LogP contribution in [0.25, 0.3) is 0 Å². The number of amides is 1. The largest absolute Gasteiger partial charge is 0.388 e. The van der Waals surface area contributed by atoms with Gasteiger partial charge in [0.2, 0.25) is 5.91 Å². The van der Waals surface area contributed by atoms with E-state index in [9.17, 15) is 14.7 Å². The van der Waals surface area contributed by atoms with Crippen molar-refractivity contribution in [1.29, 1.82) is 0 Å². The molecule has 1 aromatic rings. The first kappa shape index (κ1) is 15.0. The smallest absolute Gasteiger partial charge is 0.220 e. The molecule has 1 aliphatic carbocycles. The van der Waals surface area contributed by atoms with Crippen LogP contribution in [0.5, 0.6) is 0 Å². The molecule has 2 N–H and O–H groups in total. The van der Waals surface area contributed by atoms with Crippen molar-refractivity contribution < 1.29 is 14.7 Å². The number of carbonyl (C=O) groups excluding carboxylic acids is 2. The molecule has 1 fully saturated rings. The molecule has 2 rings (SSSR count). The highest BCUT2D eigenvalue weighted by atomic mass is 35.5. The van der Waals surface area contributed by atoms with E-state index in [4.69, 9.17) is 11.6 Å². The fourth-order valence-electron chi connectivity index (χ4n) is 2.12. The Balaban J connectivity index is 1.72. The van der Waals surface area contributed by atoms with Crippen molar-refractivity contribution in [2.45, 2.75) is 37.7 Å². The molecule has 0 unspecified atom stereocenters. The minimum atomic E-state index is -0.726. The molecule has 0 saturated heterocycles. The number of aliphatic hydroxyl groups is 1. The van der Waals surface area contributed by atoms with Gasteiger partial charge in [-0.3, -0.25) is 9.59 Å². The first-order valence-corrected chi connectivity index (χ1v) is 7.14. The van der Waals surface area contributed by atoms with Gasteiger partial charge in [-0.25, -0.2) is 0 Å². The number of hydrogen-bond donors (Lipinski definition) is 2. The van der Waals surface area contributed by atoms with E-state index in [1.54, 1.807) is 24.3 Å². The fraction of sp³-hybridized carbons (Fsp3) is 0.467. The number of carbonyl (C=O) groups is 2. The van der Waals surface area contributed by atoms with Crippen molar-refractivity contribution in [1.82, 2.24) is 5.32 Å². The van der Waals surface area contributed by atoms with E-state index >= 15 is 0 Å². The summed E-state index contributed by atoms with van der Waals surface area (Å²) in [5, 5.41) is 13.1. The normalized spacial score (nSPS) is 16.3. The zero-order chi connectivity index (χ0) is 14.6. The van der Waals surface area contributed by atoms with E-state index in [2.05, 4.69) is 5.32 Å². The van der Waals surface area contributed by atoms with Gasteiger partial charge in [-0.05, 0) is 43.5 Å². The molecule has 0 atom stereocenters. The number of benzene rings is 1. The van der Waals surface area contributed by atoms with E-state index in [0.717, 1.165) is 19.3 Å². The SMILES string of the molecule is O=C(CCC(=O)c1ccc(Cl)cc1)NCC1(O)CCC1. The van der Waals surface area contributed by atoms with Crippen LogP contribution in [0.2, 0.25) is 5.02 Å². The number of nitrogens with one attached hydrogen (secondary N) is 1. The lowest BCUT2D eigenvalue weighted by molar-refractivity contribution is -0.123. The third kappa shape index (κ3) is 4.05. The summed E-state index contributed by atoms with van der Waals surface area (Å²) in [6.45, 7) is 0.279. The van der Waals surface area contributed by atoms with Crippen LogP contribution in [-0.4, -0.2) is 28.9 Å². The molecule has 20 heavy (non-hydrogen) atoms. The Labute approximate surface area is 123 Å². The second-order valence-electron chi connectivity index (χ2n) is 5.28. The summed E-state index contributed by atoms with van der Waals surface area (Å²) in [4.78, 5) is 23.5. The van der Waals surface area contributed by atoms with E-state index in [1.807, 2.05) is 0 Å². The highest BCUT2D eigenvalue weighted by molar-refractivity contribution is 6.30. The molecule has 4 nitrogen and oxygen atoms in total. The lowest BCUT2D eigenvalue weighted by Gasteiger charge is -2.36. The molecule has 0 radical (unpaired) electrons. The first-order valence-electron chi connectivity index (χ1n) is 6.76. The van der Waals surface area contributed by atoms with Crippen LogP contribution in [0.3, 0.4) is 0 Å². The van der Waals surface area contributed by atoms with Gasteiger partial charge in [0, 0.05) is 30.0 Å². The highest BCUT2D eigenvalue weighted by Crippen LogP contribution is 2.30. The summed E-state index contributed by atoms with van der Waals surface area (Å²) < 4.78 is 0. The summed E-state index contributed by atoms with van der Waals surface area (Å²) in [7, 11) is 0. The van der Waals surface area contributed by atoms with Crippen LogP contribution in [0.15, 0.2) is 24.3 Å². The zero-order valence-electron chi connectivity index (χ0n) is 11.2. The van der Waals surface area contributed by atoms with Crippen molar-refractivity contribution in [2.24, 2.45) is 0 Å². The van der Waals surface area contributed by atoms with Gasteiger partial charge >= 0.3 is 0 Å². The van der Waals surface area contributed by atoms with Gasteiger partial charge in [-0.2, -0.15) is 0 Å². The molecule has 1 amide bonds. The van der Waals surface area contributed by atoms with Gasteiger partial charge < -0.3 is 10.4 Å². The van der Waals surface area contributed by atoms with Gasteiger partial charge in [-0.15, -0.1) is 0 Å². The molecule has 0 heterocycles. The third-order valence-electron chi connectivity index (χ3n) is 3.64. The molecule has 1 aliphatic rings. The molecule has 0 aliphatic heterocycles. The summed E-state index contributed by atoms with van der Waals surface area (Å²) in [5.41, 5.74) is -0.171. The Morgan fingerprint density at radius 1 is 1.20 bits per heavy atom. The summed E-state index contributed by atoms with van der Waals surface area (Å²) in [6, 6.07) is 6.61. The Morgan fingerprint density at radius 3 is 2.40 bits per heavy atom. The minimum Gasteiger partial charge on any atom is -0.388 e. The highest BCUT2D eigenvalue weighted by Gasteiger charge is 2.34. The maximum absolute atomic E-state index is 11.9. The Kier molecular flexibility index (Phi) is 4.78. The van der Waals surface area contributed by atoms with Crippen molar-refractivity contribution >= 4 is 23.3 Å². The number of halogens is 1. The Hall–Kier alpha value is -1.39. The van der Waals surface area contributed by atoms with Crippen LogP contribution in [-0.2, 0) is 4.79 Å². The zero-order valence-corrected chi connectivity index (χ0v) is 11.9. The van der Waals surface area contributed by atoms with E-state index < -0.39 is 5.60 Å². The van der Waals surface area contributed by atoms with Gasteiger partial charge in [-0.1, -0.05) is 11.6 Å². The van der Waals surface area contributed by atoms with E-state index in [1.165, 1.54) is 0 Å². The molecule has 0 spiro atoms. The van der Waals surface area contributed by atoms with Crippen LogP contribution in [0.1, 0.15) is 42.5 Å². The number of Topliss-reactive ketones (excluding diaryl/α,β-unsaturated/α-hetero) is 1. The van der Waals surface area contributed by atoms with E-state index in [-0.39, 0.29) is 31.1 Å². The van der Waals surface area contributed by atoms with Crippen LogP contribution >= 0.6 is 11.6 Å². The number of ketones is 1. The molecular weight excluding hydrogens is 278 g/mol. The van der Waals surface area contributed by atoms with Crippen LogP contribution < -0.4 is 5.32 Å². The summed E-state index contributed by atoms with van der Waals surface area (Å²) >= 11 is 5.75. The van der Waals surface area contributed by atoms with Gasteiger partial charge in [0.1, 0.15) is 0 Å². The second-order valence-corrected chi connectivity index (χ2v) is 5.72. The number of rotatable bonds is 6. The van der Waals surface area contributed by atoms with Crippen molar-refractivity contribution in [3.63, 3.8) is 0 Å². The topological polar surface area (TPSA) is 66.4 Å². The van der Waals surface area contributed by atoms with Crippen LogP contribution in [0.4, 0.5) is 0 Å². The molecule has 1 saturated carbocycles. The Bertz CT molecular complexity index is 494. The second kappa shape index (κ2) is 6.37. The minimum absolute atomic E-state index is 0.0841. The van der Waals surface area contributed by atoms with Crippen molar-refractivity contribution in [2.75, 3.05) is 6.54 Å². The van der Waals surface area contributed by atoms with Gasteiger partial charge in [0.25, 0.3) is 0 Å². The molecule has 5 heteroatoms. The molecular formula is C15H18ClNO3. The lowest BCUT2D eigenvalue weighted by atomic mass is 9.80. The predicted molar refractivity (Wildman–Crippen MR) is 76.8 cm³/mol. The fourth-order valence-corrected chi connectivity index (χ4v) is 2.25. The molecule has 0 bridgehead atoms. The monoisotopic (exact) mass is 295 g/mol. The first-order chi connectivity index (χ1) is 9.48. The maximum Gasteiger partial charge on any atom is 0.220 e. The summed E-state index contributed by atoms with van der Waals surface area (Å²) in [5.74, 6) is -0.285. The van der Waals surface area contributed by atoms with Crippen LogP contribution in [0, 0.1) is 0 Å². The average Bonchev–Trinajstić information content (AvgIpc) is 2.41. The maximum atomic E-state index is 11.9. The van der Waals surface area contributed by atoms with Crippen molar-refractivity contribution in [3.8, 4) is 0 Å². The van der Waals surface area contributed by atoms with Crippen molar-refractivity contribution in [3.05, 3.63) is 34.9 Å². The third-order valence-corrected chi connectivity index (χ3v) is 3.90.